The van der Waals surface area contributed by atoms with E-state index in [1.54, 1.807) is 13.1 Å². The quantitative estimate of drug-likeness (QED) is 0.618. The molecule has 0 unspecified atom stereocenters. The zero-order valence-corrected chi connectivity index (χ0v) is 8.80. The summed E-state index contributed by atoms with van der Waals surface area (Å²) >= 11 is 0. The van der Waals surface area contributed by atoms with Crippen LogP contribution in [0, 0.1) is 0 Å². The molecule has 0 aliphatic carbocycles. The molecular formula is C10H13N3O3. The number of carboxylic acid groups (broad SMARTS) is 1. The first-order valence-electron chi connectivity index (χ1n) is 4.69. The number of pyridine rings is 1. The van der Waals surface area contributed by atoms with Crippen molar-refractivity contribution < 1.29 is 14.7 Å². The first-order chi connectivity index (χ1) is 7.56. The molecule has 0 bridgehead atoms. The van der Waals surface area contributed by atoms with Crippen LogP contribution in [0.3, 0.4) is 0 Å². The molecule has 1 amide bonds. The van der Waals surface area contributed by atoms with Gasteiger partial charge in [0.05, 0.1) is 5.56 Å². The van der Waals surface area contributed by atoms with E-state index < -0.39 is 17.9 Å². The molecule has 6 nitrogen and oxygen atoms in total. The Morgan fingerprint density at radius 1 is 1.62 bits per heavy atom. The Morgan fingerprint density at radius 3 is 2.81 bits per heavy atom. The Labute approximate surface area is 92.5 Å². The van der Waals surface area contributed by atoms with Crippen molar-refractivity contribution in [2.75, 3.05) is 7.05 Å². The van der Waals surface area contributed by atoms with E-state index in [2.05, 4.69) is 10.3 Å². The van der Waals surface area contributed by atoms with Crippen LogP contribution in [0.25, 0.3) is 0 Å². The normalized spacial score (nSPS) is 12.1. The van der Waals surface area contributed by atoms with E-state index in [-0.39, 0.29) is 12.0 Å². The fourth-order valence-corrected chi connectivity index (χ4v) is 1.36. The van der Waals surface area contributed by atoms with Gasteiger partial charge < -0.3 is 16.2 Å². The number of rotatable bonds is 5. The van der Waals surface area contributed by atoms with Crippen LogP contribution in [-0.4, -0.2) is 35.1 Å². The molecule has 0 saturated carbocycles. The highest BCUT2D eigenvalue weighted by Crippen LogP contribution is 2.09. The summed E-state index contributed by atoms with van der Waals surface area (Å²) in [5, 5.41) is 11.5. The second-order valence-electron chi connectivity index (χ2n) is 3.28. The molecule has 86 valence electrons. The maximum Gasteiger partial charge on any atom is 0.321 e. The highest BCUT2D eigenvalue weighted by atomic mass is 16.4. The molecule has 1 aromatic rings. The van der Waals surface area contributed by atoms with Crippen molar-refractivity contribution >= 4 is 11.9 Å². The largest absolute Gasteiger partial charge is 0.480 e. The second kappa shape index (κ2) is 5.22. The zero-order valence-electron chi connectivity index (χ0n) is 8.80. The molecule has 0 spiro atoms. The van der Waals surface area contributed by atoms with Crippen molar-refractivity contribution in [3.63, 3.8) is 0 Å². The highest BCUT2D eigenvalue weighted by Gasteiger charge is 2.18. The van der Waals surface area contributed by atoms with E-state index in [1.807, 2.05) is 0 Å². The number of nitrogens with one attached hydrogen (secondary N) is 1. The number of aliphatic carboxylic acids is 1. The molecule has 0 aliphatic rings. The summed E-state index contributed by atoms with van der Waals surface area (Å²) in [7, 11) is 1.55. The van der Waals surface area contributed by atoms with Crippen molar-refractivity contribution in [1.29, 1.82) is 0 Å². The van der Waals surface area contributed by atoms with Gasteiger partial charge in [-0.05, 0) is 25.1 Å². The van der Waals surface area contributed by atoms with Crippen molar-refractivity contribution in [2.45, 2.75) is 12.5 Å². The lowest BCUT2D eigenvalue weighted by molar-refractivity contribution is -0.139. The molecule has 1 heterocycles. The van der Waals surface area contributed by atoms with Gasteiger partial charge in [0.25, 0.3) is 5.91 Å². The summed E-state index contributed by atoms with van der Waals surface area (Å²) in [6, 6.07) is 0.841. The lowest BCUT2D eigenvalue weighted by Gasteiger charge is -2.12. The number of carbonyl (C=O) groups is 2. The minimum Gasteiger partial charge on any atom is -0.480 e. The van der Waals surface area contributed by atoms with Gasteiger partial charge in [-0.3, -0.25) is 14.6 Å². The fraction of sp³-hybridized carbons (Fsp3) is 0.300. The predicted molar refractivity (Wildman–Crippen MR) is 56.9 cm³/mol. The van der Waals surface area contributed by atoms with Crippen molar-refractivity contribution in [3.8, 4) is 0 Å². The summed E-state index contributed by atoms with van der Waals surface area (Å²) in [6.07, 6.45) is 3.02. The monoisotopic (exact) mass is 223 g/mol. The zero-order chi connectivity index (χ0) is 12.1. The first-order valence-corrected chi connectivity index (χ1v) is 4.69. The third kappa shape index (κ3) is 2.77. The molecule has 4 N–H and O–H groups in total. The lowest BCUT2D eigenvalue weighted by Crippen LogP contribution is -2.36. The van der Waals surface area contributed by atoms with Crippen LogP contribution >= 0.6 is 0 Å². The maximum absolute atomic E-state index is 11.1. The van der Waals surface area contributed by atoms with E-state index in [4.69, 9.17) is 10.8 Å². The number of carboxylic acids is 1. The van der Waals surface area contributed by atoms with Crippen LogP contribution in [0.1, 0.15) is 15.9 Å². The SMILES string of the molecule is CN[C@@H](Cc1ccncc1C(N)=O)C(=O)O. The van der Waals surface area contributed by atoms with Crippen LogP contribution in [0.15, 0.2) is 18.5 Å². The van der Waals surface area contributed by atoms with Crippen LogP contribution in [-0.2, 0) is 11.2 Å². The number of nitrogens with zero attached hydrogens (tertiary/aromatic N) is 1. The van der Waals surface area contributed by atoms with E-state index in [1.165, 1.54) is 12.4 Å². The standard InChI is InChI=1S/C10H13N3O3/c1-12-8(10(15)16)4-6-2-3-13-5-7(6)9(11)14/h2-3,5,8,12H,4H2,1H3,(H2,11,14)(H,15,16)/t8-/m0/s1. The summed E-state index contributed by atoms with van der Waals surface area (Å²) < 4.78 is 0. The van der Waals surface area contributed by atoms with Gasteiger partial charge in [0.2, 0.25) is 0 Å². The molecule has 0 saturated heterocycles. The van der Waals surface area contributed by atoms with Crippen molar-refractivity contribution in [3.05, 3.63) is 29.6 Å². The number of likely N-dealkylation sites (N-methyl/N-ethyl adjacent to an activating group) is 1. The number of nitrogens with two attached hydrogens (primary N) is 1. The lowest BCUT2D eigenvalue weighted by atomic mass is 10.0. The van der Waals surface area contributed by atoms with Gasteiger partial charge in [-0.15, -0.1) is 0 Å². The van der Waals surface area contributed by atoms with E-state index in [0.29, 0.717) is 5.56 Å². The molecule has 0 radical (unpaired) electrons. The molecule has 1 rings (SSSR count). The Hall–Kier alpha value is -1.95. The molecule has 0 aliphatic heterocycles. The van der Waals surface area contributed by atoms with E-state index in [9.17, 15) is 9.59 Å². The van der Waals surface area contributed by atoms with Crippen LogP contribution < -0.4 is 11.1 Å². The Bertz CT molecular complexity index is 406. The number of primary amides is 1. The fourth-order valence-electron chi connectivity index (χ4n) is 1.36. The maximum atomic E-state index is 11.1. The number of amides is 1. The Kier molecular flexibility index (Phi) is 3.96. The molecule has 1 atom stereocenters. The first kappa shape index (κ1) is 12.1. The second-order valence-corrected chi connectivity index (χ2v) is 3.28. The number of aromatic nitrogens is 1. The summed E-state index contributed by atoms with van der Waals surface area (Å²) in [6.45, 7) is 0. The molecule has 0 fully saturated rings. The molecule has 16 heavy (non-hydrogen) atoms. The number of hydrogen-bond acceptors (Lipinski definition) is 4. The Balaban J connectivity index is 2.95. The van der Waals surface area contributed by atoms with E-state index in [0.717, 1.165) is 0 Å². The minimum atomic E-state index is -0.977. The molecular weight excluding hydrogens is 210 g/mol. The third-order valence-electron chi connectivity index (χ3n) is 2.25. The van der Waals surface area contributed by atoms with Gasteiger partial charge >= 0.3 is 5.97 Å². The Morgan fingerprint density at radius 2 is 2.31 bits per heavy atom. The van der Waals surface area contributed by atoms with Gasteiger partial charge in [-0.2, -0.15) is 0 Å². The van der Waals surface area contributed by atoms with Gasteiger partial charge in [-0.1, -0.05) is 0 Å². The topological polar surface area (TPSA) is 105 Å². The van der Waals surface area contributed by atoms with Crippen molar-refractivity contribution in [2.24, 2.45) is 5.73 Å². The summed E-state index contributed by atoms with van der Waals surface area (Å²) in [5.41, 5.74) is 5.99. The van der Waals surface area contributed by atoms with Gasteiger partial charge in [0, 0.05) is 12.4 Å². The van der Waals surface area contributed by atoms with Crippen molar-refractivity contribution in [1.82, 2.24) is 10.3 Å². The van der Waals surface area contributed by atoms with Crippen LogP contribution in [0.4, 0.5) is 0 Å². The minimum absolute atomic E-state index is 0.187. The molecule has 1 aromatic heterocycles. The smallest absolute Gasteiger partial charge is 0.321 e. The van der Waals surface area contributed by atoms with Gasteiger partial charge in [0.1, 0.15) is 6.04 Å². The van der Waals surface area contributed by atoms with Gasteiger partial charge in [0.15, 0.2) is 0 Å². The van der Waals surface area contributed by atoms with Gasteiger partial charge in [-0.25, -0.2) is 0 Å². The summed E-state index contributed by atoms with van der Waals surface area (Å²) in [5.74, 6) is -1.59. The summed E-state index contributed by atoms with van der Waals surface area (Å²) in [4.78, 5) is 25.7. The number of carbonyl (C=O) groups excluding carboxylic acids is 1. The van der Waals surface area contributed by atoms with Crippen LogP contribution in [0.2, 0.25) is 0 Å². The van der Waals surface area contributed by atoms with E-state index >= 15 is 0 Å². The highest BCUT2D eigenvalue weighted by molar-refractivity contribution is 5.94. The predicted octanol–water partition coefficient (Wildman–Crippen LogP) is -0.604. The molecule has 6 heteroatoms. The average Bonchev–Trinajstić information content (AvgIpc) is 2.25. The molecule has 0 aromatic carbocycles. The number of hydrogen-bond donors (Lipinski definition) is 3. The van der Waals surface area contributed by atoms with Crippen LogP contribution in [0.5, 0.6) is 0 Å². The third-order valence-corrected chi connectivity index (χ3v) is 2.25. The average molecular weight is 223 g/mol.